The molecule has 4 nitrogen and oxygen atoms in total. The third-order valence-electron chi connectivity index (χ3n) is 2.97. The lowest BCUT2D eigenvalue weighted by molar-refractivity contribution is 0.112. The van der Waals surface area contributed by atoms with Crippen molar-refractivity contribution in [1.82, 2.24) is 0 Å². The summed E-state index contributed by atoms with van der Waals surface area (Å²) >= 11 is 0. The van der Waals surface area contributed by atoms with Gasteiger partial charge in [0.25, 0.3) is 0 Å². The summed E-state index contributed by atoms with van der Waals surface area (Å²) in [4.78, 5) is 10.9. The molecule has 0 aromatic heterocycles. The van der Waals surface area contributed by atoms with Gasteiger partial charge >= 0.3 is 7.12 Å². The molecule has 0 spiro atoms. The fourth-order valence-electron chi connectivity index (χ4n) is 2.08. The minimum Gasteiger partial charge on any atom is -0.493 e. The molecule has 2 rings (SSSR count). The topological polar surface area (TPSA) is 66.8 Å². The predicted octanol–water partition coefficient (Wildman–Crippen LogP) is 1.24. The average Bonchev–Trinajstić information content (AvgIpc) is 2.47. The highest BCUT2D eigenvalue weighted by molar-refractivity contribution is 6.60. The second-order valence-electron chi connectivity index (χ2n) is 4.27. The van der Waals surface area contributed by atoms with E-state index in [2.05, 4.69) is 0 Å². The molecule has 0 aliphatic heterocycles. The van der Waals surface area contributed by atoms with E-state index in [9.17, 15) is 14.8 Å². The molecule has 0 heterocycles. The van der Waals surface area contributed by atoms with Crippen LogP contribution in [0.2, 0.25) is 0 Å². The van der Waals surface area contributed by atoms with E-state index in [1.807, 2.05) is 25.1 Å². The van der Waals surface area contributed by atoms with E-state index in [4.69, 9.17) is 4.74 Å². The van der Waals surface area contributed by atoms with Crippen LogP contribution in [0.25, 0.3) is 11.1 Å². The van der Waals surface area contributed by atoms with Gasteiger partial charge in [-0.25, -0.2) is 0 Å². The molecule has 0 fully saturated rings. The van der Waals surface area contributed by atoms with Crippen LogP contribution in [0.3, 0.4) is 0 Å². The Hall–Kier alpha value is -2.11. The number of aldehydes is 1. The number of para-hydroxylation sites is 1. The van der Waals surface area contributed by atoms with Gasteiger partial charge in [0.2, 0.25) is 0 Å². The molecule has 0 aliphatic carbocycles. The Balaban J connectivity index is 2.63. The van der Waals surface area contributed by atoms with Crippen molar-refractivity contribution < 1.29 is 19.6 Å². The van der Waals surface area contributed by atoms with Gasteiger partial charge in [0.15, 0.2) is 0 Å². The van der Waals surface area contributed by atoms with Crippen LogP contribution in [-0.4, -0.2) is 30.1 Å². The smallest absolute Gasteiger partial charge is 0.489 e. The maximum atomic E-state index is 10.9. The number of ether oxygens (including phenoxy) is 1. The molecule has 5 heteroatoms. The monoisotopic (exact) mass is 270 g/mol. The van der Waals surface area contributed by atoms with Gasteiger partial charge in [-0.15, -0.1) is 0 Å². The van der Waals surface area contributed by atoms with Crippen molar-refractivity contribution in [1.29, 1.82) is 0 Å². The van der Waals surface area contributed by atoms with Crippen LogP contribution in [-0.2, 0) is 0 Å². The molecule has 0 aliphatic rings. The lowest BCUT2D eigenvalue weighted by Crippen LogP contribution is -2.31. The van der Waals surface area contributed by atoms with Gasteiger partial charge in [0.05, 0.1) is 6.61 Å². The molecule has 102 valence electrons. The summed E-state index contributed by atoms with van der Waals surface area (Å²) in [5.74, 6) is 0.639. The van der Waals surface area contributed by atoms with Crippen LogP contribution in [0.4, 0.5) is 0 Å². The van der Waals surface area contributed by atoms with E-state index in [0.717, 1.165) is 11.8 Å². The molecule has 0 unspecified atom stereocenters. The SMILES string of the molecule is CCOc1ccccc1-c1cc(C=O)ccc1B(O)O. The fraction of sp³-hybridized carbons (Fsp3) is 0.133. The van der Waals surface area contributed by atoms with Crippen molar-refractivity contribution in [3.63, 3.8) is 0 Å². The number of benzene rings is 2. The molecule has 0 amide bonds. The van der Waals surface area contributed by atoms with Gasteiger partial charge in [-0.3, -0.25) is 4.79 Å². The Labute approximate surface area is 117 Å². The third kappa shape index (κ3) is 2.90. The Bertz CT molecular complexity index is 611. The fourth-order valence-corrected chi connectivity index (χ4v) is 2.08. The van der Waals surface area contributed by atoms with Crippen molar-refractivity contribution in [3.8, 4) is 16.9 Å². The van der Waals surface area contributed by atoms with Crippen LogP contribution < -0.4 is 10.2 Å². The third-order valence-corrected chi connectivity index (χ3v) is 2.97. The molecule has 20 heavy (non-hydrogen) atoms. The van der Waals surface area contributed by atoms with E-state index in [0.29, 0.717) is 28.9 Å². The van der Waals surface area contributed by atoms with Crippen LogP contribution in [0.15, 0.2) is 42.5 Å². The first-order chi connectivity index (χ1) is 9.67. The second kappa shape index (κ2) is 6.37. The molecular formula is C15H15BO4. The molecule has 2 N–H and O–H groups in total. The van der Waals surface area contributed by atoms with E-state index in [-0.39, 0.29) is 0 Å². The number of rotatable bonds is 5. The number of carbonyl (C=O) groups excluding carboxylic acids is 1. The van der Waals surface area contributed by atoms with Crippen molar-refractivity contribution >= 4 is 18.9 Å². The van der Waals surface area contributed by atoms with Crippen LogP contribution >= 0.6 is 0 Å². The van der Waals surface area contributed by atoms with Crippen molar-refractivity contribution in [2.75, 3.05) is 6.61 Å². The maximum Gasteiger partial charge on any atom is 0.489 e. The van der Waals surface area contributed by atoms with Gasteiger partial charge < -0.3 is 14.8 Å². The Morgan fingerprint density at radius 2 is 1.90 bits per heavy atom. The summed E-state index contributed by atoms with van der Waals surface area (Å²) < 4.78 is 5.55. The minimum atomic E-state index is -1.61. The van der Waals surface area contributed by atoms with Gasteiger partial charge in [-0.2, -0.15) is 0 Å². The maximum absolute atomic E-state index is 10.9. The van der Waals surface area contributed by atoms with E-state index < -0.39 is 7.12 Å². The highest BCUT2D eigenvalue weighted by Gasteiger charge is 2.19. The highest BCUT2D eigenvalue weighted by atomic mass is 16.5. The average molecular weight is 270 g/mol. The Morgan fingerprint density at radius 3 is 2.55 bits per heavy atom. The molecule has 0 atom stereocenters. The minimum absolute atomic E-state index is 0.336. The first kappa shape index (κ1) is 14.3. The number of hydrogen-bond donors (Lipinski definition) is 2. The quantitative estimate of drug-likeness (QED) is 0.633. The van der Waals surface area contributed by atoms with E-state index in [1.54, 1.807) is 18.2 Å². The summed E-state index contributed by atoms with van der Waals surface area (Å²) in [5, 5.41) is 19.0. The molecule has 0 saturated carbocycles. The molecular weight excluding hydrogens is 255 g/mol. The van der Waals surface area contributed by atoms with Gasteiger partial charge in [-0.1, -0.05) is 30.3 Å². The van der Waals surface area contributed by atoms with Crippen LogP contribution in [0.5, 0.6) is 5.75 Å². The summed E-state index contributed by atoms with van der Waals surface area (Å²) in [7, 11) is -1.61. The highest BCUT2D eigenvalue weighted by Crippen LogP contribution is 2.29. The van der Waals surface area contributed by atoms with Crippen molar-refractivity contribution in [2.45, 2.75) is 6.92 Å². The normalized spacial score (nSPS) is 10.2. The zero-order chi connectivity index (χ0) is 14.5. The van der Waals surface area contributed by atoms with Gasteiger partial charge in [0, 0.05) is 11.1 Å². The zero-order valence-corrected chi connectivity index (χ0v) is 11.1. The van der Waals surface area contributed by atoms with Crippen molar-refractivity contribution in [3.05, 3.63) is 48.0 Å². The summed E-state index contributed by atoms with van der Waals surface area (Å²) in [6, 6.07) is 12.0. The molecule has 0 radical (unpaired) electrons. The lowest BCUT2D eigenvalue weighted by Gasteiger charge is -2.14. The number of carbonyl (C=O) groups is 1. The second-order valence-corrected chi connectivity index (χ2v) is 4.27. The number of hydrogen-bond acceptors (Lipinski definition) is 4. The first-order valence-electron chi connectivity index (χ1n) is 6.34. The van der Waals surface area contributed by atoms with E-state index >= 15 is 0 Å². The summed E-state index contributed by atoms with van der Waals surface area (Å²) in [6.45, 7) is 2.38. The Kier molecular flexibility index (Phi) is 4.55. The van der Waals surface area contributed by atoms with Gasteiger partial charge in [0.1, 0.15) is 12.0 Å². The first-order valence-corrected chi connectivity index (χ1v) is 6.34. The molecule has 0 saturated heterocycles. The van der Waals surface area contributed by atoms with Crippen LogP contribution in [0, 0.1) is 0 Å². The molecule has 2 aromatic carbocycles. The lowest BCUT2D eigenvalue weighted by atomic mass is 9.75. The Morgan fingerprint density at radius 1 is 1.15 bits per heavy atom. The van der Waals surface area contributed by atoms with Crippen LogP contribution in [0.1, 0.15) is 17.3 Å². The molecule has 0 bridgehead atoms. The van der Waals surface area contributed by atoms with E-state index in [1.165, 1.54) is 6.07 Å². The standard InChI is InChI=1S/C15H15BO4/c1-2-20-15-6-4-3-5-12(15)13-9-11(10-17)7-8-14(13)16(18)19/h3-10,18-19H,2H2,1H3. The van der Waals surface area contributed by atoms with Crippen molar-refractivity contribution in [2.24, 2.45) is 0 Å². The zero-order valence-electron chi connectivity index (χ0n) is 11.1. The summed E-state index contributed by atoms with van der Waals surface area (Å²) in [6.07, 6.45) is 0.723. The van der Waals surface area contributed by atoms with Gasteiger partial charge in [-0.05, 0) is 30.1 Å². The largest absolute Gasteiger partial charge is 0.493 e. The molecule has 2 aromatic rings. The summed E-state index contributed by atoms with van der Waals surface area (Å²) in [5.41, 5.74) is 2.10. The predicted molar refractivity (Wildman–Crippen MR) is 78.3 cm³/mol.